The van der Waals surface area contributed by atoms with Crippen LogP contribution in [0.4, 0.5) is 18.3 Å². The van der Waals surface area contributed by atoms with Crippen molar-refractivity contribution in [2.45, 2.75) is 50.7 Å². The third-order valence-corrected chi connectivity index (χ3v) is 6.59. The Labute approximate surface area is 169 Å². The Bertz CT molecular complexity index is 1070. The van der Waals surface area contributed by atoms with Crippen LogP contribution in [-0.2, 0) is 12.6 Å². The Kier molecular flexibility index (Phi) is 5.10. The van der Waals surface area contributed by atoms with E-state index in [1.807, 2.05) is 18.9 Å². The largest absolute Gasteiger partial charge is 0.416 e. The van der Waals surface area contributed by atoms with Crippen molar-refractivity contribution in [1.82, 2.24) is 14.6 Å². The van der Waals surface area contributed by atoms with Gasteiger partial charge in [-0.1, -0.05) is 36.8 Å². The van der Waals surface area contributed by atoms with Gasteiger partial charge in [0.2, 0.25) is 10.1 Å². The van der Waals surface area contributed by atoms with Crippen molar-refractivity contribution in [3.63, 3.8) is 0 Å². The van der Waals surface area contributed by atoms with E-state index in [-0.39, 0.29) is 17.5 Å². The second-order valence-electron chi connectivity index (χ2n) is 7.35. The van der Waals surface area contributed by atoms with Crippen molar-refractivity contribution in [2.24, 2.45) is 0 Å². The maximum Gasteiger partial charge on any atom is 0.416 e. The summed E-state index contributed by atoms with van der Waals surface area (Å²) < 4.78 is 39.9. The van der Waals surface area contributed by atoms with Gasteiger partial charge < -0.3 is 4.90 Å². The fraction of sp³-hybridized carbons (Fsp3) is 0.450. The SMILES string of the molecule is CCc1cc(=O)n2nc(N(C)[C@H]3CCC[C@@H]3c3ccc(C(F)(F)F)cc3)sc2n1. The van der Waals surface area contributed by atoms with E-state index in [4.69, 9.17) is 0 Å². The van der Waals surface area contributed by atoms with Crippen LogP contribution in [0.15, 0.2) is 35.1 Å². The molecule has 29 heavy (non-hydrogen) atoms. The second kappa shape index (κ2) is 7.44. The number of hydrogen-bond acceptors (Lipinski definition) is 5. The molecule has 2 aromatic heterocycles. The first-order chi connectivity index (χ1) is 13.8. The van der Waals surface area contributed by atoms with Crippen LogP contribution in [0.25, 0.3) is 4.96 Å². The number of nitrogens with zero attached hydrogens (tertiary/aromatic N) is 4. The van der Waals surface area contributed by atoms with E-state index in [2.05, 4.69) is 10.1 Å². The lowest BCUT2D eigenvalue weighted by Gasteiger charge is -2.29. The van der Waals surface area contributed by atoms with Crippen molar-refractivity contribution in [3.05, 3.63) is 57.5 Å². The van der Waals surface area contributed by atoms with Gasteiger partial charge in [0.25, 0.3) is 5.56 Å². The Morgan fingerprint density at radius 1 is 1.24 bits per heavy atom. The van der Waals surface area contributed by atoms with Gasteiger partial charge in [0.05, 0.1) is 5.56 Å². The topological polar surface area (TPSA) is 50.5 Å². The number of fused-ring (bicyclic) bond motifs is 1. The Morgan fingerprint density at radius 2 is 1.97 bits per heavy atom. The van der Waals surface area contributed by atoms with Gasteiger partial charge in [-0.2, -0.15) is 17.7 Å². The molecule has 0 bridgehead atoms. The molecule has 2 heterocycles. The van der Waals surface area contributed by atoms with Crippen LogP contribution in [0.5, 0.6) is 0 Å². The number of halogens is 3. The summed E-state index contributed by atoms with van der Waals surface area (Å²) in [6.07, 6.45) is -0.843. The highest BCUT2D eigenvalue weighted by molar-refractivity contribution is 7.20. The second-order valence-corrected chi connectivity index (χ2v) is 8.29. The van der Waals surface area contributed by atoms with Gasteiger partial charge in [0, 0.05) is 30.8 Å². The highest BCUT2D eigenvalue weighted by Gasteiger charge is 2.35. The lowest BCUT2D eigenvalue weighted by molar-refractivity contribution is -0.137. The molecule has 0 unspecified atom stereocenters. The van der Waals surface area contributed by atoms with Gasteiger partial charge in [0.1, 0.15) is 0 Å². The lowest BCUT2D eigenvalue weighted by Crippen LogP contribution is -2.33. The predicted molar refractivity (Wildman–Crippen MR) is 107 cm³/mol. The van der Waals surface area contributed by atoms with E-state index in [1.54, 1.807) is 12.1 Å². The Balaban J connectivity index is 1.62. The Hall–Kier alpha value is -2.42. The molecule has 0 N–H and O–H groups in total. The minimum Gasteiger partial charge on any atom is -0.346 e. The molecule has 154 valence electrons. The van der Waals surface area contributed by atoms with Crippen molar-refractivity contribution < 1.29 is 13.2 Å². The number of hydrogen-bond donors (Lipinski definition) is 0. The van der Waals surface area contributed by atoms with Gasteiger partial charge in [-0.05, 0) is 37.0 Å². The van der Waals surface area contributed by atoms with Gasteiger partial charge in [-0.3, -0.25) is 4.79 Å². The van der Waals surface area contributed by atoms with Crippen molar-refractivity contribution in [2.75, 3.05) is 11.9 Å². The van der Waals surface area contributed by atoms with Gasteiger partial charge >= 0.3 is 6.18 Å². The highest BCUT2D eigenvalue weighted by Crippen LogP contribution is 2.40. The van der Waals surface area contributed by atoms with Crippen LogP contribution in [-0.4, -0.2) is 27.7 Å². The van der Waals surface area contributed by atoms with E-state index in [1.165, 1.54) is 21.9 Å². The summed E-state index contributed by atoms with van der Waals surface area (Å²) in [5.41, 5.74) is 0.800. The third kappa shape index (κ3) is 3.75. The molecule has 0 aliphatic heterocycles. The van der Waals surface area contributed by atoms with Crippen LogP contribution in [0.2, 0.25) is 0 Å². The van der Waals surface area contributed by atoms with E-state index < -0.39 is 11.7 Å². The van der Waals surface area contributed by atoms with Crippen LogP contribution in [0, 0.1) is 0 Å². The molecule has 0 spiro atoms. The highest BCUT2D eigenvalue weighted by atomic mass is 32.1. The number of rotatable bonds is 4. The summed E-state index contributed by atoms with van der Waals surface area (Å²) in [4.78, 5) is 19.3. The molecule has 4 rings (SSSR count). The molecule has 1 saturated carbocycles. The average Bonchev–Trinajstić information content (AvgIpc) is 3.34. The van der Waals surface area contributed by atoms with Crippen LogP contribution in [0.3, 0.4) is 0 Å². The predicted octanol–water partition coefficient (Wildman–Crippen LogP) is 4.50. The van der Waals surface area contributed by atoms with E-state index in [0.29, 0.717) is 16.5 Å². The molecule has 0 saturated heterocycles. The first kappa shape index (κ1) is 19.9. The van der Waals surface area contributed by atoms with E-state index >= 15 is 0 Å². The standard InChI is InChI=1S/C20H21F3N4OS/c1-3-14-11-17(28)27-18(24-14)29-19(25-27)26(2)16-6-4-5-15(16)12-7-9-13(10-8-12)20(21,22)23/h7-11,15-16H,3-6H2,1-2H3/t15-,16+/m1/s1. The van der Waals surface area contributed by atoms with Gasteiger partial charge in [-0.15, -0.1) is 5.10 Å². The quantitative estimate of drug-likeness (QED) is 0.621. The molecule has 9 heteroatoms. The molecule has 1 aliphatic rings. The maximum atomic E-state index is 12.9. The molecular formula is C20H21F3N4OS. The first-order valence-corrected chi connectivity index (χ1v) is 10.4. The number of benzene rings is 1. The smallest absolute Gasteiger partial charge is 0.346 e. The zero-order chi connectivity index (χ0) is 20.8. The molecule has 0 radical (unpaired) electrons. The fourth-order valence-corrected chi connectivity index (χ4v) is 4.97. The molecule has 1 aromatic carbocycles. The van der Waals surface area contributed by atoms with Gasteiger partial charge in [0.15, 0.2) is 0 Å². The molecule has 1 fully saturated rings. The van der Waals surface area contributed by atoms with Gasteiger partial charge in [-0.25, -0.2) is 4.98 Å². The molecule has 5 nitrogen and oxygen atoms in total. The minimum atomic E-state index is -4.33. The van der Waals surface area contributed by atoms with Crippen LogP contribution in [0.1, 0.15) is 48.9 Å². The average molecular weight is 422 g/mol. The monoisotopic (exact) mass is 422 g/mol. The fourth-order valence-electron chi connectivity index (χ4n) is 4.02. The summed E-state index contributed by atoms with van der Waals surface area (Å²) in [6, 6.07) is 7.07. The molecule has 0 amide bonds. The zero-order valence-corrected chi connectivity index (χ0v) is 16.9. The Morgan fingerprint density at radius 3 is 2.62 bits per heavy atom. The minimum absolute atomic E-state index is 0.105. The molecule has 1 aliphatic carbocycles. The van der Waals surface area contributed by atoms with Crippen molar-refractivity contribution in [1.29, 1.82) is 0 Å². The number of likely N-dealkylation sites (N-methyl/N-ethyl adjacent to an activating group) is 1. The first-order valence-electron chi connectivity index (χ1n) is 9.57. The van der Waals surface area contributed by atoms with Crippen molar-refractivity contribution >= 4 is 21.4 Å². The summed E-state index contributed by atoms with van der Waals surface area (Å²) >= 11 is 1.36. The van der Waals surface area contributed by atoms with E-state index in [9.17, 15) is 18.0 Å². The van der Waals surface area contributed by atoms with Crippen LogP contribution >= 0.6 is 11.3 Å². The number of alkyl halides is 3. The lowest BCUT2D eigenvalue weighted by atomic mass is 9.92. The normalized spacial score (nSPS) is 19.8. The summed E-state index contributed by atoms with van der Waals surface area (Å²) in [5, 5.41) is 5.13. The van der Waals surface area contributed by atoms with E-state index in [0.717, 1.165) is 42.7 Å². The van der Waals surface area contributed by atoms with Crippen LogP contribution < -0.4 is 10.5 Å². The zero-order valence-electron chi connectivity index (χ0n) is 16.1. The maximum absolute atomic E-state index is 12.9. The molecule has 3 aromatic rings. The third-order valence-electron chi connectivity index (χ3n) is 5.59. The molecular weight excluding hydrogens is 401 g/mol. The number of anilines is 1. The molecule has 2 atom stereocenters. The summed E-state index contributed by atoms with van der Waals surface area (Å²) in [7, 11) is 1.93. The number of aromatic nitrogens is 3. The van der Waals surface area contributed by atoms with Crippen molar-refractivity contribution in [3.8, 4) is 0 Å². The number of aryl methyl sites for hydroxylation is 1. The summed E-state index contributed by atoms with van der Waals surface area (Å²) in [6.45, 7) is 1.94. The summed E-state index contributed by atoms with van der Waals surface area (Å²) in [5.74, 6) is 0.116.